The van der Waals surface area contributed by atoms with Crippen LogP contribution in [-0.2, 0) is 9.59 Å². The number of aliphatic hydroxyl groups is 4. The molecule has 0 fully saturated rings. The number of allylic oxidation sites excluding steroid dienone is 1. The van der Waals surface area contributed by atoms with E-state index in [0.717, 1.165) is 6.08 Å². The number of carbonyl (C=O) groups excluding carboxylic acids is 1. The highest BCUT2D eigenvalue weighted by Crippen LogP contribution is 2.64. The number of carboxylic acids is 1. The third kappa shape index (κ3) is 9.45. The largest absolute Gasteiger partial charge is 0.479 e. The Hall–Kier alpha value is -2.47. The van der Waals surface area contributed by atoms with Gasteiger partial charge >= 0.3 is 53.6 Å². The monoisotopic (exact) mass is 764 g/mol. The van der Waals surface area contributed by atoms with E-state index in [1.54, 1.807) is 0 Å². The minimum atomic E-state index is -8.66. The molecular weight excluding hydrogens is 735 g/mol. The van der Waals surface area contributed by atoms with E-state index in [2.05, 4.69) is 0 Å². The third-order valence-electron chi connectivity index (χ3n) is 6.97. The zero-order valence-corrected chi connectivity index (χ0v) is 24.3. The summed E-state index contributed by atoms with van der Waals surface area (Å²) in [6, 6.07) is 0. The van der Waals surface area contributed by atoms with Gasteiger partial charge in [0.15, 0.2) is 11.9 Å². The first kappa shape index (κ1) is 46.5. The molecule has 0 heterocycles. The van der Waals surface area contributed by atoms with E-state index in [1.165, 1.54) is 6.08 Å². The van der Waals surface area contributed by atoms with Gasteiger partial charge in [0.25, 0.3) is 0 Å². The van der Waals surface area contributed by atoms with Gasteiger partial charge in [-0.1, -0.05) is 38.2 Å². The van der Waals surface area contributed by atoms with Crippen molar-refractivity contribution in [2.45, 2.75) is 130 Å². The first-order valence-electron chi connectivity index (χ1n) is 13.6. The van der Waals surface area contributed by atoms with Crippen molar-refractivity contribution in [1.82, 2.24) is 0 Å². The van der Waals surface area contributed by atoms with Crippen LogP contribution in [0, 0.1) is 0 Å². The number of unbranched alkanes of at least 4 members (excludes halogenated alkanes) is 7. The van der Waals surface area contributed by atoms with Crippen LogP contribution in [0.3, 0.4) is 0 Å². The molecule has 0 bridgehead atoms. The van der Waals surface area contributed by atoms with Crippen LogP contribution in [-0.4, -0.2) is 109 Å². The average molecular weight is 764 g/mol. The fourth-order valence-electron chi connectivity index (χ4n) is 3.83. The van der Waals surface area contributed by atoms with E-state index in [1.807, 2.05) is 0 Å². The van der Waals surface area contributed by atoms with Crippen LogP contribution in [0.2, 0.25) is 0 Å². The van der Waals surface area contributed by atoms with E-state index in [9.17, 15) is 99.5 Å². The maximum Gasteiger partial charge on any atom is 0.460 e. The topological polar surface area (TPSA) is 135 Å². The number of rotatable bonds is 22. The van der Waals surface area contributed by atoms with Crippen LogP contribution in [0.5, 0.6) is 0 Å². The summed E-state index contributed by atoms with van der Waals surface area (Å²) in [6.45, 7) is 0. The summed E-state index contributed by atoms with van der Waals surface area (Å²) in [4.78, 5) is 22.3. The molecule has 0 saturated heterocycles. The number of ketones is 1. The molecule has 0 aliphatic carbocycles. The van der Waals surface area contributed by atoms with Gasteiger partial charge in [-0.15, -0.1) is 0 Å². The summed E-state index contributed by atoms with van der Waals surface area (Å²) in [5, 5.41) is 46.2. The predicted molar refractivity (Wildman–Crippen MR) is 128 cm³/mol. The number of halogens is 17. The van der Waals surface area contributed by atoms with Crippen molar-refractivity contribution >= 4 is 11.8 Å². The molecule has 0 aromatic heterocycles. The lowest BCUT2D eigenvalue weighted by atomic mass is 9.87. The van der Waals surface area contributed by atoms with Crippen molar-refractivity contribution in [2.24, 2.45) is 0 Å². The fraction of sp³-hybridized carbons (Fsp3) is 0.840. The van der Waals surface area contributed by atoms with Gasteiger partial charge in [-0.2, -0.15) is 74.6 Å². The molecule has 0 amide bonds. The molecule has 49 heavy (non-hydrogen) atoms. The smallest absolute Gasteiger partial charge is 0.460 e. The molecule has 0 saturated carbocycles. The van der Waals surface area contributed by atoms with E-state index in [0.29, 0.717) is 6.42 Å². The van der Waals surface area contributed by atoms with Crippen LogP contribution in [0.4, 0.5) is 74.6 Å². The van der Waals surface area contributed by atoms with Gasteiger partial charge in [0.1, 0.15) is 18.3 Å². The number of hydrogen-bond acceptors (Lipinski definition) is 6. The lowest BCUT2D eigenvalue weighted by molar-refractivity contribution is -0.461. The molecule has 0 aliphatic rings. The Morgan fingerprint density at radius 2 is 0.837 bits per heavy atom. The Morgan fingerprint density at radius 1 is 0.490 bits per heavy atom. The summed E-state index contributed by atoms with van der Waals surface area (Å²) in [5.41, 5.74) is 0. The van der Waals surface area contributed by atoms with Gasteiger partial charge in [-0.05, 0) is 25.3 Å². The summed E-state index contributed by atoms with van der Waals surface area (Å²) < 4.78 is 226. The highest BCUT2D eigenvalue weighted by molar-refractivity contribution is 5.93. The molecule has 0 aliphatic heterocycles. The first-order chi connectivity index (χ1) is 21.7. The molecule has 0 unspecified atom stereocenters. The normalized spacial score (nSPS) is 17.2. The standard InChI is InChI=1S/C25H29F17O7/c26-18(27,19(28,29)20(30,31)21(32,33)22(34,35)23(36,37)24(38,39)25(40,41)42)11-9-7-5-3-1-2-4-6-8-10-12(43)13(44)14(45)15(46)16(47)17(48)49/h8,10,13-16,44-47H,1-7,9,11H2,(H,48,49)/t13-,14+,15+,16-/m0/s1. The average Bonchev–Trinajstić information content (AvgIpc) is 2.96. The van der Waals surface area contributed by atoms with Crippen LogP contribution in [0.1, 0.15) is 57.8 Å². The maximum atomic E-state index is 13.9. The number of alkyl halides is 17. The molecule has 0 radical (unpaired) electrons. The number of aliphatic hydroxyl groups excluding tert-OH is 4. The van der Waals surface area contributed by atoms with Crippen molar-refractivity contribution < 1.29 is 110 Å². The Kier molecular flexibility index (Phi) is 15.4. The molecule has 0 spiro atoms. The van der Waals surface area contributed by atoms with Crippen LogP contribution in [0.25, 0.3) is 0 Å². The second-order valence-electron chi connectivity index (χ2n) is 10.7. The van der Waals surface area contributed by atoms with Crippen molar-refractivity contribution in [3.8, 4) is 0 Å². The maximum absolute atomic E-state index is 13.9. The number of carbonyl (C=O) groups is 2. The number of hydrogen-bond donors (Lipinski definition) is 5. The van der Waals surface area contributed by atoms with E-state index < -0.39 is 103 Å². The second-order valence-corrected chi connectivity index (χ2v) is 10.7. The van der Waals surface area contributed by atoms with Gasteiger partial charge < -0.3 is 25.5 Å². The van der Waals surface area contributed by atoms with E-state index >= 15 is 0 Å². The summed E-state index contributed by atoms with van der Waals surface area (Å²) in [5.74, 6) is -59.5. The Morgan fingerprint density at radius 3 is 1.24 bits per heavy atom. The minimum Gasteiger partial charge on any atom is -0.479 e. The predicted octanol–water partition coefficient (Wildman–Crippen LogP) is 6.16. The molecule has 0 rings (SSSR count). The third-order valence-corrected chi connectivity index (χ3v) is 6.97. The van der Waals surface area contributed by atoms with Crippen LogP contribution >= 0.6 is 0 Å². The Labute approximate surface area is 264 Å². The fourth-order valence-corrected chi connectivity index (χ4v) is 3.83. The lowest BCUT2D eigenvalue weighted by Crippen LogP contribution is -2.74. The summed E-state index contributed by atoms with van der Waals surface area (Å²) in [6.07, 6.45) is -18.8. The van der Waals surface area contributed by atoms with Crippen LogP contribution in [0.15, 0.2) is 12.2 Å². The van der Waals surface area contributed by atoms with E-state index in [-0.39, 0.29) is 32.1 Å². The molecular formula is C25H29F17O7. The Balaban J connectivity index is 5.03. The molecule has 24 heteroatoms. The molecule has 0 aromatic rings. The molecule has 5 N–H and O–H groups in total. The highest BCUT2D eigenvalue weighted by Gasteiger charge is 2.95. The van der Waals surface area contributed by atoms with E-state index in [4.69, 9.17) is 10.2 Å². The SMILES string of the molecule is O=C(O)[C@@H](O)[C@H](O)[C@H](O)[C@@H](O)C(=O)C=CCCCCCCCCCC(F)(F)C(F)(F)C(F)(F)C(F)(F)C(F)(F)C(F)(F)C(F)(F)C(F)(F)F. The minimum absolute atomic E-state index is 0.113. The van der Waals surface area contributed by atoms with Gasteiger partial charge in [0, 0.05) is 6.42 Å². The van der Waals surface area contributed by atoms with Crippen molar-refractivity contribution in [2.75, 3.05) is 0 Å². The van der Waals surface area contributed by atoms with Crippen LogP contribution < -0.4 is 0 Å². The van der Waals surface area contributed by atoms with Gasteiger partial charge in [0.05, 0.1) is 0 Å². The van der Waals surface area contributed by atoms with Crippen molar-refractivity contribution in [3.05, 3.63) is 12.2 Å². The zero-order valence-electron chi connectivity index (χ0n) is 24.3. The number of aliphatic carboxylic acids is 1. The lowest BCUT2D eigenvalue weighted by Gasteiger charge is -2.42. The molecule has 4 atom stereocenters. The summed E-state index contributed by atoms with van der Waals surface area (Å²) in [7, 11) is 0. The highest BCUT2D eigenvalue weighted by atomic mass is 19.4. The van der Waals surface area contributed by atoms with Gasteiger partial charge in [0.2, 0.25) is 0 Å². The quantitative estimate of drug-likeness (QED) is 0.0507. The molecule has 0 aromatic carbocycles. The van der Waals surface area contributed by atoms with Crippen molar-refractivity contribution in [3.63, 3.8) is 0 Å². The van der Waals surface area contributed by atoms with Crippen molar-refractivity contribution in [1.29, 1.82) is 0 Å². The van der Waals surface area contributed by atoms with Gasteiger partial charge in [-0.25, -0.2) is 4.79 Å². The second kappa shape index (κ2) is 16.3. The van der Waals surface area contributed by atoms with Gasteiger partial charge in [-0.3, -0.25) is 4.79 Å². The Bertz CT molecular complexity index is 1130. The zero-order chi connectivity index (χ0) is 39.2. The first-order valence-corrected chi connectivity index (χ1v) is 13.6. The molecule has 290 valence electrons. The summed E-state index contributed by atoms with van der Waals surface area (Å²) >= 11 is 0. The number of carboxylic acid groups (broad SMARTS) is 1. The molecule has 7 nitrogen and oxygen atoms in total.